The van der Waals surface area contributed by atoms with Crippen LogP contribution in [0.2, 0.25) is 0 Å². The molecule has 1 aromatic heterocycles. The topological polar surface area (TPSA) is 60.0 Å². The average molecular weight is 221 g/mol. The van der Waals surface area contributed by atoms with Crippen molar-refractivity contribution in [1.29, 1.82) is 0 Å². The second kappa shape index (κ2) is 5.39. The standard InChI is InChI=1S/C12H19N3O/c1-4-15-8-10(13)7-11(15)12(16)14-6-5-9(2)3/h5,7-8H,4,6,13H2,1-3H3,(H,14,16). The highest BCUT2D eigenvalue weighted by atomic mass is 16.1. The van der Waals surface area contributed by atoms with Crippen molar-refractivity contribution in [2.45, 2.75) is 27.3 Å². The van der Waals surface area contributed by atoms with Gasteiger partial charge in [-0.3, -0.25) is 4.79 Å². The fourth-order valence-corrected chi connectivity index (χ4v) is 1.42. The summed E-state index contributed by atoms with van der Waals surface area (Å²) in [6.45, 7) is 7.27. The predicted molar refractivity (Wildman–Crippen MR) is 66.3 cm³/mol. The molecule has 0 radical (unpaired) electrons. The molecule has 0 aliphatic heterocycles. The summed E-state index contributed by atoms with van der Waals surface area (Å²) >= 11 is 0. The zero-order valence-corrected chi connectivity index (χ0v) is 10.1. The Labute approximate surface area is 96.1 Å². The van der Waals surface area contributed by atoms with E-state index in [1.165, 1.54) is 5.57 Å². The van der Waals surface area contributed by atoms with Gasteiger partial charge in [-0.1, -0.05) is 11.6 Å². The van der Waals surface area contributed by atoms with E-state index in [2.05, 4.69) is 5.32 Å². The Kier molecular flexibility index (Phi) is 4.17. The fraction of sp³-hybridized carbons (Fsp3) is 0.417. The van der Waals surface area contributed by atoms with Crippen molar-refractivity contribution in [3.63, 3.8) is 0 Å². The van der Waals surface area contributed by atoms with Crippen molar-refractivity contribution in [1.82, 2.24) is 9.88 Å². The number of aryl methyl sites for hydroxylation is 1. The lowest BCUT2D eigenvalue weighted by atomic mass is 10.3. The predicted octanol–water partition coefficient (Wildman–Crippen LogP) is 1.79. The van der Waals surface area contributed by atoms with Crippen LogP contribution in [0, 0.1) is 0 Å². The summed E-state index contributed by atoms with van der Waals surface area (Å²) in [7, 11) is 0. The first kappa shape index (κ1) is 12.4. The lowest BCUT2D eigenvalue weighted by Crippen LogP contribution is -2.25. The number of amides is 1. The molecule has 0 aromatic carbocycles. The highest BCUT2D eigenvalue weighted by Gasteiger charge is 2.10. The molecule has 0 aliphatic rings. The van der Waals surface area contributed by atoms with Gasteiger partial charge in [0.2, 0.25) is 0 Å². The molecule has 0 saturated carbocycles. The summed E-state index contributed by atoms with van der Waals surface area (Å²) in [5.74, 6) is -0.0870. The largest absolute Gasteiger partial charge is 0.397 e. The van der Waals surface area contributed by atoms with Gasteiger partial charge in [-0.15, -0.1) is 0 Å². The SMILES string of the molecule is CCn1cc(N)cc1C(=O)NCC=C(C)C. The molecule has 1 amide bonds. The summed E-state index contributed by atoms with van der Waals surface area (Å²) in [6, 6.07) is 1.70. The van der Waals surface area contributed by atoms with E-state index in [1.807, 2.05) is 31.4 Å². The van der Waals surface area contributed by atoms with E-state index in [9.17, 15) is 4.79 Å². The molecule has 1 rings (SSSR count). The lowest BCUT2D eigenvalue weighted by molar-refractivity contribution is 0.0949. The van der Waals surface area contributed by atoms with Gasteiger partial charge < -0.3 is 15.6 Å². The van der Waals surface area contributed by atoms with Crippen molar-refractivity contribution in [2.24, 2.45) is 0 Å². The first-order valence-corrected chi connectivity index (χ1v) is 5.41. The van der Waals surface area contributed by atoms with E-state index in [1.54, 1.807) is 12.3 Å². The molecule has 0 aliphatic carbocycles. The molecule has 0 unspecified atom stereocenters. The highest BCUT2D eigenvalue weighted by Crippen LogP contribution is 2.10. The van der Waals surface area contributed by atoms with Gasteiger partial charge in [-0.05, 0) is 26.8 Å². The zero-order chi connectivity index (χ0) is 12.1. The van der Waals surface area contributed by atoms with E-state index in [-0.39, 0.29) is 5.91 Å². The minimum atomic E-state index is -0.0870. The highest BCUT2D eigenvalue weighted by molar-refractivity contribution is 5.93. The third kappa shape index (κ3) is 3.15. The van der Waals surface area contributed by atoms with E-state index in [4.69, 9.17) is 5.73 Å². The molecule has 0 fully saturated rings. The molecular weight excluding hydrogens is 202 g/mol. The van der Waals surface area contributed by atoms with Gasteiger partial charge in [0.1, 0.15) is 5.69 Å². The van der Waals surface area contributed by atoms with Crippen LogP contribution in [0.15, 0.2) is 23.9 Å². The fourth-order valence-electron chi connectivity index (χ4n) is 1.42. The average Bonchev–Trinajstić information content (AvgIpc) is 2.59. The van der Waals surface area contributed by atoms with Crippen LogP contribution >= 0.6 is 0 Å². The lowest BCUT2D eigenvalue weighted by Gasteiger charge is -2.05. The van der Waals surface area contributed by atoms with Crippen LogP contribution in [-0.4, -0.2) is 17.0 Å². The molecule has 4 nitrogen and oxygen atoms in total. The van der Waals surface area contributed by atoms with Gasteiger partial charge in [-0.2, -0.15) is 0 Å². The minimum absolute atomic E-state index is 0.0870. The summed E-state index contributed by atoms with van der Waals surface area (Å²) in [4.78, 5) is 11.8. The molecule has 0 bridgehead atoms. The number of nitrogens with zero attached hydrogens (tertiary/aromatic N) is 1. The maximum absolute atomic E-state index is 11.8. The Balaban J connectivity index is 2.69. The van der Waals surface area contributed by atoms with Gasteiger partial charge >= 0.3 is 0 Å². The number of anilines is 1. The van der Waals surface area contributed by atoms with Crippen LogP contribution < -0.4 is 11.1 Å². The first-order valence-electron chi connectivity index (χ1n) is 5.41. The Morgan fingerprint density at radius 2 is 2.25 bits per heavy atom. The second-order valence-electron chi connectivity index (χ2n) is 3.94. The molecule has 88 valence electrons. The van der Waals surface area contributed by atoms with Gasteiger partial charge in [0.15, 0.2) is 0 Å². The summed E-state index contributed by atoms with van der Waals surface area (Å²) in [5, 5.41) is 2.83. The number of hydrogen-bond donors (Lipinski definition) is 2. The number of carbonyl (C=O) groups is 1. The van der Waals surface area contributed by atoms with Crippen LogP contribution in [0.5, 0.6) is 0 Å². The van der Waals surface area contributed by atoms with Crippen molar-refractivity contribution in [3.05, 3.63) is 29.6 Å². The van der Waals surface area contributed by atoms with Crippen LogP contribution in [0.3, 0.4) is 0 Å². The molecule has 0 atom stereocenters. The molecule has 16 heavy (non-hydrogen) atoms. The Hall–Kier alpha value is -1.71. The van der Waals surface area contributed by atoms with Crippen molar-refractivity contribution in [3.8, 4) is 0 Å². The van der Waals surface area contributed by atoms with E-state index in [0.29, 0.717) is 17.9 Å². The molecule has 3 N–H and O–H groups in total. The third-order valence-corrected chi connectivity index (χ3v) is 2.26. The normalized spacial score (nSPS) is 9.94. The van der Waals surface area contributed by atoms with Gasteiger partial charge in [-0.25, -0.2) is 0 Å². The minimum Gasteiger partial charge on any atom is -0.397 e. The number of nitrogens with one attached hydrogen (secondary N) is 1. The number of hydrogen-bond acceptors (Lipinski definition) is 2. The van der Waals surface area contributed by atoms with Gasteiger partial charge in [0.05, 0.1) is 5.69 Å². The smallest absolute Gasteiger partial charge is 0.268 e. The van der Waals surface area contributed by atoms with Crippen LogP contribution in [0.25, 0.3) is 0 Å². The monoisotopic (exact) mass is 221 g/mol. The van der Waals surface area contributed by atoms with Crippen LogP contribution in [0.4, 0.5) is 5.69 Å². The summed E-state index contributed by atoms with van der Waals surface area (Å²) in [5.41, 5.74) is 8.08. The van der Waals surface area contributed by atoms with E-state index >= 15 is 0 Å². The summed E-state index contributed by atoms with van der Waals surface area (Å²) < 4.78 is 1.84. The number of aromatic nitrogens is 1. The number of rotatable bonds is 4. The Morgan fingerprint density at radius 1 is 1.56 bits per heavy atom. The number of carbonyl (C=O) groups excluding carboxylic acids is 1. The molecule has 1 heterocycles. The zero-order valence-electron chi connectivity index (χ0n) is 10.1. The number of allylic oxidation sites excluding steroid dienone is 1. The molecule has 0 saturated heterocycles. The molecular formula is C12H19N3O. The third-order valence-electron chi connectivity index (χ3n) is 2.26. The maximum Gasteiger partial charge on any atom is 0.268 e. The quantitative estimate of drug-likeness (QED) is 0.761. The molecule has 0 spiro atoms. The first-order chi connectivity index (χ1) is 7.54. The Bertz CT molecular complexity index is 400. The van der Waals surface area contributed by atoms with E-state index < -0.39 is 0 Å². The van der Waals surface area contributed by atoms with Crippen molar-refractivity contribution in [2.75, 3.05) is 12.3 Å². The summed E-state index contributed by atoms with van der Waals surface area (Å²) in [6.07, 6.45) is 3.75. The van der Waals surface area contributed by atoms with Gasteiger partial charge in [0, 0.05) is 19.3 Å². The van der Waals surface area contributed by atoms with Crippen molar-refractivity contribution >= 4 is 11.6 Å². The van der Waals surface area contributed by atoms with Crippen molar-refractivity contribution < 1.29 is 4.79 Å². The van der Waals surface area contributed by atoms with Crippen LogP contribution in [0.1, 0.15) is 31.3 Å². The van der Waals surface area contributed by atoms with Crippen LogP contribution in [-0.2, 0) is 6.54 Å². The van der Waals surface area contributed by atoms with E-state index in [0.717, 1.165) is 6.54 Å². The van der Waals surface area contributed by atoms with Gasteiger partial charge in [0.25, 0.3) is 5.91 Å². The number of nitrogens with two attached hydrogens (primary N) is 1. The number of nitrogen functional groups attached to an aromatic ring is 1. The maximum atomic E-state index is 11.8. The second-order valence-corrected chi connectivity index (χ2v) is 3.94. The molecule has 4 heteroatoms. The Morgan fingerprint density at radius 3 is 2.81 bits per heavy atom. The molecule has 1 aromatic rings.